The third-order valence-corrected chi connectivity index (χ3v) is 7.02. The zero-order valence-electron chi connectivity index (χ0n) is 21.2. The monoisotopic (exact) mass is 452 g/mol. The van der Waals surface area contributed by atoms with Crippen LogP contribution in [0.15, 0.2) is 11.6 Å². The van der Waals surface area contributed by atoms with E-state index in [0.717, 1.165) is 24.2 Å². The molecule has 0 saturated carbocycles. The smallest absolute Gasteiger partial charge is 0.310 e. The predicted molar refractivity (Wildman–Crippen MR) is 128 cm³/mol. The van der Waals surface area contributed by atoms with Crippen molar-refractivity contribution < 1.29 is 24.1 Å². The van der Waals surface area contributed by atoms with E-state index in [1.165, 1.54) is 56.9 Å². The van der Waals surface area contributed by atoms with Crippen LogP contribution in [0.3, 0.4) is 0 Å². The summed E-state index contributed by atoms with van der Waals surface area (Å²) < 4.78 is 16.5. The highest BCUT2D eigenvalue weighted by Gasteiger charge is 2.48. The minimum Gasteiger partial charge on any atom is -0.457 e. The summed E-state index contributed by atoms with van der Waals surface area (Å²) in [5.41, 5.74) is 1.25. The van der Waals surface area contributed by atoms with E-state index < -0.39 is 12.2 Å². The number of ether oxygens (including phenoxy) is 3. The minimum atomic E-state index is -0.619. The molecule has 2 saturated heterocycles. The summed E-state index contributed by atoms with van der Waals surface area (Å²) in [7, 11) is 0. The lowest BCUT2D eigenvalue weighted by Crippen LogP contribution is -2.34. The number of rotatable bonds is 15. The Balaban J connectivity index is 1.51. The molecule has 0 aromatic rings. The normalized spacial score (nSPS) is 27.5. The van der Waals surface area contributed by atoms with E-state index in [2.05, 4.69) is 34.6 Å². The number of esters is 1. The number of aliphatic hydroxyl groups excluding tert-OH is 1. The summed E-state index contributed by atoms with van der Waals surface area (Å²) in [6.07, 6.45) is 12.2. The molecule has 2 fully saturated rings. The van der Waals surface area contributed by atoms with Gasteiger partial charge in [0.25, 0.3) is 0 Å². The molecular weight excluding hydrogens is 404 g/mol. The van der Waals surface area contributed by atoms with Crippen LogP contribution in [0.1, 0.15) is 98.8 Å². The van der Waals surface area contributed by atoms with E-state index >= 15 is 0 Å². The van der Waals surface area contributed by atoms with Gasteiger partial charge in [-0.15, -0.1) is 0 Å². The number of aliphatic hydroxyl groups is 1. The van der Waals surface area contributed by atoms with Crippen molar-refractivity contribution >= 4 is 5.97 Å². The van der Waals surface area contributed by atoms with Crippen molar-refractivity contribution in [1.29, 1.82) is 0 Å². The van der Waals surface area contributed by atoms with Gasteiger partial charge in [-0.05, 0) is 37.5 Å². The summed E-state index contributed by atoms with van der Waals surface area (Å²) in [6.45, 7) is 12.1. The van der Waals surface area contributed by atoms with Crippen molar-refractivity contribution in [2.45, 2.75) is 123 Å². The van der Waals surface area contributed by atoms with Gasteiger partial charge in [-0.3, -0.25) is 4.79 Å². The molecule has 32 heavy (non-hydrogen) atoms. The van der Waals surface area contributed by atoms with Crippen molar-refractivity contribution in [3.63, 3.8) is 0 Å². The first-order valence-electron chi connectivity index (χ1n) is 13.0. The SMILES string of the molecule is CC(=CCC(=O)O[C@H]1CO[C@H]2[C@@H]1OC[C@H]2O)CCCC(C)CCCC(C)CCCC(C)C. The summed E-state index contributed by atoms with van der Waals surface area (Å²) in [5, 5.41) is 9.77. The van der Waals surface area contributed by atoms with Gasteiger partial charge in [-0.25, -0.2) is 0 Å². The van der Waals surface area contributed by atoms with Gasteiger partial charge >= 0.3 is 5.97 Å². The minimum absolute atomic E-state index is 0.248. The molecule has 5 heteroatoms. The molecular formula is C27H48O5. The number of fused-ring (bicyclic) bond motifs is 1. The van der Waals surface area contributed by atoms with Crippen LogP contribution in [0, 0.1) is 17.8 Å². The second-order valence-corrected chi connectivity index (χ2v) is 10.8. The molecule has 1 N–H and O–H groups in total. The van der Waals surface area contributed by atoms with Crippen LogP contribution >= 0.6 is 0 Å². The van der Waals surface area contributed by atoms with Crippen molar-refractivity contribution in [2.24, 2.45) is 17.8 Å². The van der Waals surface area contributed by atoms with Crippen LogP contribution < -0.4 is 0 Å². The molecule has 186 valence electrons. The first-order valence-corrected chi connectivity index (χ1v) is 13.0. The number of allylic oxidation sites excluding steroid dienone is 1. The highest BCUT2D eigenvalue weighted by atomic mass is 16.6. The number of hydrogen-bond acceptors (Lipinski definition) is 5. The van der Waals surface area contributed by atoms with Crippen LogP contribution in [0.25, 0.3) is 0 Å². The van der Waals surface area contributed by atoms with Crippen molar-refractivity contribution in [3.05, 3.63) is 11.6 Å². The standard InChI is InChI=1S/C27H48O5/c1-19(2)9-6-10-20(3)11-7-12-21(4)13-8-14-22(5)15-16-25(29)32-24-18-31-26-23(28)17-30-27(24)26/h15,19-21,23-24,26-28H,6-14,16-18H2,1-5H3/t20?,21?,23-,24+,26-,27-/m1/s1. The van der Waals surface area contributed by atoms with Crippen LogP contribution in [0.2, 0.25) is 0 Å². The van der Waals surface area contributed by atoms with Crippen LogP contribution in [-0.4, -0.2) is 48.7 Å². The molecule has 0 radical (unpaired) electrons. The summed E-state index contributed by atoms with van der Waals surface area (Å²) in [5.74, 6) is 2.21. The van der Waals surface area contributed by atoms with Gasteiger partial charge < -0.3 is 19.3 Å². The summed E-state index contributed by atoms with van der Waals surface area (Å²) >= 11 is 0. The number of carbonyl (C=O) groups excluding carboxylic acids is 1. The first-order chi connectivity index (χ1) is 15.3. The molecule has 0 amide bonds. The highest BCUT2D eigenvalue weighted by molar-refractivity contribution is 5.71. The zero-order valence-corrected chi connectivity index (χ0v) is 21.2. The Hall–Kier alpha value is -0.910. The molecule has 2 heterocycles. The maximum Gasteiger partial charge on any atom is 0.310 e. The quantitative estimate of drug-likeness (QED) is 0.250. The Morgan fingerprint density at radius 1 is 0.938 bits per heavy atom. The topological polar surface area (TPSA) is 65.0 Å². The largest absolute Gasteiger partial charge is 0.457 e. The number of carbonyl (C=O) groups is 1. The fourth-order valence-electron chi connectivity index (χ4n) is 4.83. The first kappa shape index (κ1) is 27.3. The molecule has 2 rings (SSSR count). The number of hydrogen-bond donors (Lipinski definition) is 1. The Morgan fingerprint density at radius 3 is 2.19 bits per heavy atom. The van der Waals surface area contributed by atoms with E-state index in [0.29, 0.717) is 6.61 Å². The van der Waals surface area contributed by atoms with Crippen LogP contribution in [-0.2, 0) is 19.0 Å². The fourth-order valence-corrected chi connectivity index (χ4v) is 4.83. The third kappa shape index (κ3) is 9.93. The molecule has 0 aromatic heterocycles. The Bertz CT molecular complexity index is 572. The maximum atomic E-state index is 12.2. The van der Waals surface area contributed by atoms with Crippen molar-refractivity contribution in [1.82, 2.24) is 0 Å². The lowest BCUT2D eigenvalue weighted by atomic mass is 9.91. The van der Waals surface area contributed by atoms with E-state index in [1.54, 1.807) is 0 Å². The van der Waals surface area contributed by atoms with Gasteiger partial charge in [-0.2, -0.15) is 0 Å². The molecule has 0 aliphatic carbocycles. The molecule has 2 aliphatic heterocycles. The van der Waals surface area contributed by atoms with Gasteiger partial charge in [0.15, 0.2) is 6.10 Å². The summed E-state index contributed by atoms with van der Waals surface area (Å²) in [4.78, 5) is 12.2. The Morgan fingerprint density at radius 2 is 1.53 bits per heavy atom. The fraction of sp³-hybridized carbons (Fsp3) is 0.889. The molecule has 6 atom stereocenters. The van der Waals surface area contributed by atoms with E-state index in [9.17, 15) is 9.90 Å². The van der Waals surface area contributed by atoms with Crippen molar-refractivity contribution in [3.8, 4) is 0 Å². The van der Waals surface area contributed by atoms with Gasteiger partial charge in [0, 0.05) is 0 Å². The van der Waals surface area contributed by atoms with E-state index in [4.69, 9.17) is 14.2 Å². The van der Waals surface area contributed by atoms with Crippen molar-refractivity contribution in [2.75, 3.05) is 13.2 Å². The maximum absolute atomic E-state index is 12.2. The highest BCUT2D eigenvalue weighted by Crippen LogP contribution is 2.29. The lowest BCUT2D eigenvalue weighted by molar-refractivity contribution is -0.152. The molecule has 2 aliphatic rings. The average molecular weight is 453 g/mol. The summed E-state index contributed by atoms with van der Waals surface area (Å²) in [6, 6.07) is 0. The van der Waals surface area contributed by atoms with Crippen LogP contribution in [0.4, 0.5) is 0 Å². The van der Waals surface area contributed by atoms with Gasteiger partial charge in [-0.1, -0.05) is 84.3 Å². The molecule has 0 aromatic carbocycles. The average Bonchev–Trinajstić information content (AvgIpc) is 3.29. The Kier molecular flexibility index (Phi) is 12.3. The van der Waals surface area contributed by atoms with E-state index in [1.807, 2.05) is 6.08 Å². The van der Waals surface area contributed by atoms with E-state index in [-0.39, 0.29) is 31.2 Å². The zero-order chi connectivity index (χ0) is 23.5. The predicted octanol–water partition coefficient (Wildman–Crippen LogP) is 5.83. The third-order valence-electron chi connectivity index (χ3n) is 7.02. The molecule has 2 unspecified atom stereocenters. The van der Waals surface area contributed by atoms with Gasteiger partial charge in [0.05, 0.1) is 19.6 Å². The molecule has 0 spiro atoms. The second-order valence-electron chi connectivity index (χ2n) is 10.8. The molecule has 0 bridgehead atoms. The second kappa shape index (κ2) is 14.4. The van der Waals surface area contributed by atoms with Crippen LogP contribution in [0.5, 0.6) is 0 Å². The molecule has 5 nitrogen and oxygen atoms in total. The lowest BCUT2D eigenvalue weighted by Gasteiger charge is -2.16. The van der Waals surface area contributed by atoms with Gasteiger partial charge in [0.1, 0.15) is 18.3 Å². The Labute approximate surface area is 196 Å². The van der Waals surface area contributed by atoms with Gasteiger partial charge in [0.2, 0.25) is 0 Å².